The van der Waals surface area contributed by atoms with E-state index in [1.54, 1.807) is 0 Å². The van der Waals surface area contributed by atoms with Crippen molar-refractivity contribution in [1.82, 2.24) is 4.98 Å². The van der Waals surface area contributed by atoms with Crippen LogP contribution in [0.3, 0.4) is 0 Å². The van der Waals surface area contributed by atoms with E-state index in [-0.39, 0.29) is 0 Å². The highest BCUT2D eigenvalue weighted by Crippen LogP contribution is 2.36. The van der Waals surface area contributed by atoms with Crippen molar-refractivity contribution in [3.05, 3.63) is 28.1 Å². The molecular formula is C10H5ClF5NO3. The zero-order chi connectivity index (χ0) is 15.8. The van der Waals surface area contributed by atoms with E-state index in [0.29, 0.717) is 0 Å². The van der Waals surface area contributed by atoms with Crippen LogP contribution in [0.25, 0.3) is 0 Å². The average molecular weight is 318 g/mol. The first-order valence-electron chi connectivity index (χ1n) is 4.81. The molecule has 0 aliphatic rings. The third-order valence-corrected chi connectivity index (χ3v) is 2.55. The molecule has 1 heterocycles. The molecule has 0 unspecified atom stereocenters. The van der Waals surface area contributed by atoms with Gasteiger partial charge >= 0.3 is 12.1 Å². The fraction of sp³-hybridized carbons (Fsp3) is 0.300. The van der Waals surface area contributed by atoms with Crippen molar-refractivity contribution in [1.29, 1.82) is 0 Å². The summed E-state index contributed by atoms with van der Waals surface area (Å²) < 4.78 is 63.4. The van der Waals surface area contributed by atoms with Gasteiger partial charge in [-0.25, -0.2) is 18.6 Å². The molecule has 0 aliphatic carbocycles. The Labute approximate surface area is 113 Å². The van der Waals surface area contributed by atoms with E-state index in [0.717, 1.165) is 6.92 Å². The first-order chi connectivity index (χ1) is 8.98. The molecule has 0 saturated carbocycles. The molecule has 0 amide bonds. The molecule has 1 N–H and O–H groups in total. The van der Waals surface area contributed by atoms with E-state index in [4.69, 9.17) is 16.7 Å². The van der Waals surface area contributed by atoms with Crippen LogP contribution >= 0.6 is 11.6 Å². The lowest BCUT2D eigenvalue weighted by Gasteiger charge is -2.16. The van der Waals surface area contributed by atoms with Crippen molar-refractivity contribution in [2.24, 2.45) is 0 Å². The molecule has 1 rings (SSSR count). The highest BCUT2D eigenvalue weighted by molar-refractivity contribution is 6.68. The van der Waals surface area contributed by atoms with Gasteiger partial charge < -0.3 is 5.11 Å². The number of carboxylic acids is 1. The van der Waals surface area contributed by atoms with Crippen molar-refractivity contribution in [2.45, 2.75) is 19.5 Å². The van der Waals surface area contributed by atoms with Crippen molar-refractivity contribution in [2.75, 3.05) is 0 Å². The van der Waals surface area contributed by atoms with Gasteiger partial charge in [-0.3, -0.25) is 4.79 Å². The van der Waals surface area contributed by atoms with Gasteiger partial charge in [0.15, 0.2) is 5.69 Å². The summed E-state index contributed by atoms with van der Waals surface area (Å²) in [6, 6.07) is 0. The second kappa shape index (κ2) is 5.31. The molecule has 0 atom stereocenters. The summed E-state index contributed by atoms with van der Waals surface area (Å²) >= 11 is 4.97. The van der Waals surface area contributed by atoms with E-state index in [1.165, 1.54) is 0 Å². The first kappa shape index (κ1) is 16.3. The number of rotatable bonds is 3. The predicted molar refractivity (Wildman–Crippen MR) is 56.1 cm³/mol. The van der Waals surface area contributed by atoms with Crippen LogP contribution in [0.1, 0.15) is 44.1 Å². The lowest BCUT2D eigenvalue weighted by molar-refractivity contribution is -0.141. The SMILES string of the molecule is Cc1c(C(=O)O)c(C(F)F)nc(C(F)(F)F)c1C(=O)Cl. The Kier molecular flexibility index (Phi) is 4.33. The fourth-order valence-corrected chi connectivity index (χ4v) is 1.83. The second-order valence-electron chi connectivity index (χ2n) is 3.60. The van der Waals surface area contributed by atoms with Crippen LogP contribution < -0.4 is 0 Å². The van der Waals surface area contributed by atoms with Gasteiger partial charge in [-0.05, 0) is 24.1 Å². The number of aromatic nitrogens is 1. The molecule has 0 fully saturated rings. The monoisotopic (exact) mass is 317 g/mol. The van der Waals surface area contributed by atoms with E-state index in [2.05, 4.69) is 4.98 Å². The molecule has 20 heavy (non-hydrogen) atoms. The number of carbonyl (C=O) groups excluding carboxylic acids is 1. The molecule has 0 aromatic carbocycles. The van der Waals surface area contributed by atoms with Crippen molar-refractivity contribution < 1.29 is 36.6 Å². The molecule has 0 aliphatic heterocycles. The van der Waals surface area contributed by atoms with Crippen LogP contribution in [0.2, 0.25) is 0 Å². The number of hydrogen-bond acceptors (Lipinski definition) is 3. The zero-order valence-corrected chi connectivity index (χ0v) is 10.3. The standard InChI is InChI=1S/C10H5ClF5NO3/c1-2-3(9(19)20)5(8(12)13)17-6(10(14,15)16)4(2)7(11)18/h8H,1H3,(H,19,20). The Morgan fingerprint density at radius 1 is 1.25 bits per heavy atom. The van der Waals surface area contributed by atoms with Crippen LogP contribution in [0.15, 0.2) is 0 Å². The van der Waals surface area contributed by atoms with E-state index in [9.17, 15) is 31.5 Å². The molecule has 10 heteroatoms. The molecule has 0 radical (unpaired) electrons. The molecule has 4 nitrogen and oxygen atoms in total. The van der Waals surface area contributed by atoms with Crippen LogP contribution in [-0.4, -0.2) is 21.3 Å². The van der Waals surface area contributed by atoms with E-state index >= 15 is 0 Å². The van der Waals surface area contributed by atoms with Crippen LogP contribution in [0.4, 0.5) is 22.0 Å². The molecule has 1 aromatic rings. The number of alkyl halides is 5. The van der Waals surface area contributed by atoms with Crippen molar-refractivity contribution in [3.63, 3.8) is 0 Å². The van der Waals surface area contributed by atoms with Gasteiger partial charge in [0, 0.05) is 0 Å². The molecule has 110 valence electrons. The first-order valence-corrected chi connectivity index (χ1v) is 5.19. The normalized spacial score (nSPS) is 11.8. The van der Waals surface area contributed by atoms with Crippen LogP contribution in [-0.2, 0) is 6.18 Å². The molecule has 0 spiro atoms. The maximum Gasteiger partial charge on any atom is 0.434 e. The topological polar surface area (TPSA) is 67.3 Å². The summed E-state index contributed by atoms with van der Waals surface area (Å²) in [5.41, 5.74) is -6.73. The van der Waals surface area contributed by atoms with Gasteiger partial charge in [-0.1, -0.05) is 0 Å². The lowest BCUT2D eigenvalue weighted by Crippen LogP contribution is -2.21. The highest BCUT2D eigenvalue weighted by atomic mass is 35.5. The van der Waals surface area contributed by atoms with Gasteiger partial charge in [0.2, 0.25) is 0 Å². The van der Waals surface area contributed by atoms with E-state index in [1.807, 2.05) is 0 Å². The van der Waals surface area contributed by atoms with Crippen molar-refractivity contribution in [3.8, 4) is 0 Å². The van der Waals surface area contributed by atoms with Gasteiger partial charge in [0.05, 0.1) is 11.1 Å². The Balaban J connectivity index is 3.90. The number of pyridine rings is 1. The fourth-order valence-electron chi connectivity index (χ4n) is 1.60. The van der Waals surface area contributed by atoms with Crippen molar-refractivity contribution >= 4 is 22.8 Å². The Bertz CT molecular complexity index is 585. The van der Waals surface area contributed by atoms with Crippen LogP contribution in [0.5, 0.6) is 0 Å². The highest BCUT2D eigenvalue weighted by Gasteiger charge is 2.41. The summed E-state index contributed by atoms with van der Waals surface area (Å²) in [5, 5.41) is 7.15. The minimum absolute atomic E-state index is 0.780. The van der Waals surface area contributed by atoms with Gasteiger partial charge in [0.1, 0.15) is 5.69 Å². The Hall–Kier alpha value is -1.77. The number of halogens is 6. The summed E-state index contributed by atoms with van der Waals surface area (Å²) in [4.78, 5) is 24.5. The number of hydrogen-bond donors (Lipinski definition) is 1. The smallest absolute Gasteiger partial charge is 0.434 e. The Morgan fingerprint density at radius 2 is 1.75 bits per heavy atom. The third-order valence-electron chi connectivity index (χ3n) is 2.36. The summed E-state index contributed by atoms with van der Waals surface area (Å²) in [6.07, 6.45) is -8.79. The summed E-state index contributed by atoms with van der Waals surface area (Å²) in [6.45, 7) is 0.780. The maximum absolute atomic E-state index is 12.7. The quantitative estimate of drug-likeness (QED) is 0.685. The largest absolute Gasteiger partial charge is 0.478 e. The minimum atomic E-state index is -5.23. The number of carbonyl (C=O) groups is 2. The van der Waals surface area contributed by atoms with E-state index < -0.39 is 51.9 Å². The Morgan fingerprint density at radius 3 is 2.05 bits per heavy atom. The number of nitrogens with zero attached hydrogens (tertiary/aromatic N) is 1. The number of aromatic carboxylic acids is 1. The summed E-state index contributed by atoms with van der Waals surface area (Å²) in [5.74, 6) is -1.93. The molecule has 0 bridgehead atoms. The zero-order valence-electron chi connectivity index (χ0n) is 9.56. The summed E-state index contributed by atoms with van der Waals surface area (Å²) in [7, 11) is 0. The van der Waals surface area contributed by atoms with Gasteiger partial charge in [0.25, 0.3) is 11.7 Å². The van der Waals surface area contributed by atoms with Gasteiger partial charge in [-0.15, -0.1) is 0 Å². The van der Waals surface area contributed by atoms with Gasteiger partial charge in [-0.2, -0.15) is 13.2 Å². The molecule has 1 aromatic heterocycles. The minimum Gasteiger partial charge on any atom is -0.478 e. The molecule has 0 saturated heterocycles. The van der Waals surface area contributed by atoms with Crippen LogP contribution in [0, 0.1) is 6.92 Å². The lowest BCUT2D eigenvalue weighted by atomic mass is 9.99. The maximum atomic E-state index is 12.7. The average Bonchev–Trinajstić information content (AvgIpc) is 2.24. The third kappa shape index (κ3) is 2.87. The second-order valence-corrected chi connectivity index (χ2v) is 3.94. The predicted octanol–water partition coefficient (Wildman–Crippen LogP) is 3.42. The number of carboxylic acid groups (broad SMARTS) is 1. The molecular weight excluding hydrogens is 313 g/mol.